The van der Waals surface area contributed by atoms with E-state index in [1.807, 2.05) is 24.3 Å². The topological polar surface area (TPSA) is 0 Å². The van der Waals surface area contributed by atoms with Crippen LogP contribution in [-0.4, -0.2) is 5.88 Å². The molecule has 1 unspecified atom stereocenters. The lowest BCUT2D eigenvalue weighted by Crippen LogP contribution is -2.05. The number of benzene rings is 2. The zero-order valence-corrected chi connectivity index (χ0v) is 13.1. The van der Waals surface area contributed by atoms with Gasteiger partial charge >= 0.3 is 0 Å². The lowest BCUT2D eigenvalue weighted by molar-refractivity contribution is 0.623. The molecule has 0 bridgehead atoms. The molecule has 0 saturated heterocycles. The van der Waals surface area contributed by atoms with E-state index in [4.69, 9.17) is 23.2 Å². The summed E-state index contributed by atoms with van der Waals surface area (Å²) in [5.41, 5.74) is 1.91. The summed E-state index contributed by atoms with van der Waals surface area (Å²) in [6, 6.07) is 12.4. The third kappa shape index (κ3) is 3.95. The number of halogens is 4. The maximum atomic E-state index is 13.3. The highest BCUT2D eigenvalue weighted by Gasteiger charge is 2.14. The first-order chi connectivity index (χ1) is 9.10. The lowest BCUT2D eigenvalue weighted by atomic mass is 9.93. The molecule has 0 spiro atoms. The van der Waals surface area contributed by atoms with Gasteiger partial charge in [0.1, 0.15) is 5.82 Å². The summed E-state index contributed by atoms with van der Waals surface area (Å²) in [5, 5.41) is 0.577. The van der Waals surface area contributed by atoms with Crippen LogP contribution < -0.4 is 0 Å². The molecule has 0 aromatic heterocycles. The van der Waals surface area contributed by atoms with Gasteiger partial charge < -0.3 is 0 Å². The molecule has 0 radical (unpaired) electrons. The number of alkyl halides is 1. The van der Waals surface area contributed by atoms with Crippen molar-refractivity contribution in [1.82, 2.24) is 0 Å². The standard InChI is InChI=1S/C15H12BrCl2F/c16-13-3-1-10(2-4-13)12(9-17)7-11-8-14(19)5-6-15(11)18/h1-6,8,12H,7,9H2. The van der Waals surface area contributed by atoms with Crippen LogP contribution in [0.1, 0.15) is 17.0 Å². The van der Waals surface area contributed by atoms with Crippen molar-refractivity contribution >= 4 is 39.1 Å². The molecule has 2 aromatic carbocycles. The molecule has 0 aliphatic rings. The number of rotatable bonds is 4. The smallest absolute Gasteiger partial charge is 0.123 e. The molecule has 0 saturated carbocycles. The summed E-state index contributed by atoms with van der Waals surface area (Å²) in [5.74, 6) is 0.312. The van der Waals surface area contributed by atoms with Gasteiger partial charge in [0.15, 0.2) is 0 Å². The van der Waals surface area contributed by atoms with E-state index < -0.39 is 0 Å². The van der Waals surface area contributed by atoms with E-state index in [0.29, 0.717) is 17.3 Å². The van der Waals surface area contributed by atoms with E-state index in [2.05, 4.69) is 15.9 Å². The Morgan fingerprint density at radius 1 is 1.11 bits per heavy atom. The molecular formula is C15H12BrCl2F. The Bertz CT molecular complexity index is 555. The Kier molecular flexibility index (Phi) is 5.26. The molecule has 0 amide bonds. The summed E-state index contributed by atoms with van der Waals surface area (Å²) >= 11 is 15.5. The summed E-state index contributed by atoms with van der Waals surface area (Å²) in [6.45, 7) is 0. The van der Waals surface area contributed by atoms with Gasteiger partial charge in [0.2, 0.25) is 0 Å². The Hall–Kier alpha value is -0.570. The largest absolute Gasteiger partial charge is 0.207 e. The highest BCUT2D eigenvalue weighted by Crippen LogP contribution is 2.27. The first-order valence-electron chi connectivity index (χ1n) is 5.85. The molecule has 0 nitrogen and oxygen atoms in total. The summed E-state index contributed by atoms with van der Waals surface area (Å²) in [4.78, 5) is 0. The molecule has 2 aromatic rings. The van der Waals surface area contributed by atoms with Gasteiger partial charge in [-0.1, -0.05) is 39.7 Å². The highest BCUT2D eigenvalue weighted by atomic mass is 79.9. The number of hydrogen-bond acceptors (Lipinski definition) is 0. The minimum atomic E-state index is -0.275. The Labute approximate surface area is 130 Å². The van der Waals surface area contributed by atoms with E-state index in [9.17, 15) is 4.39 Å². The first-order valence-corrected chi connectivity index (χ1v) is 7.56. The Balaban J connectivity index is 2.23. The van der Waals surface area contributed by atoms with Crippen molar-refractivity contribution in [2.75, 3.05) is 5.88 Å². The molecule has 2 rings (SSSR count). The molecule has 100 valence electrons. The second-order valence-electron chi connectivity index (χ2n) is 4.34. The number of hydrogen-bond donors (Lipinski definition) is 0. The second-order valence-corrected chi connectivity index (χ2v) is 5.97. The van der Waals surface area contributed by atoms with Crippen molar-refractivity contribution in [3.8, 4) is 0 Å². The van der Waals surface area contributed by atoms with Crippen LogP contribution in [0, 0.1) is 5.82 Å². The van der Waals surface area contributed by atoms with Gasteiger partial charge in [-0.05, 0) is 47.9 Å². The lowest BCUT2D eigenvalue weighted by Gasteiger charge is -2.15. The minimum absolute atomic E-state index is 0.120. The average molecular weight is 362 g/mol. The molecule has 0 aliphatic heterocycles. The molecule has 1 atom stereocenters. The van der Waals surface area contributed by atoms with Gasteiger partial charge in [-0.15, -0.1) is 11.6 Å². The first kappa shape index (κ1) is 14.8. The van der Waals surface area contributed by atoms with Crippen LogP contribution in [-0.2, 0) is 6.42 Å². The van der Waals surface area contributed by atoms with E-state index in [1.54, 1.807) is 6.07 Å². The maximum Gasteiger partial charge on any atom is 0.123 e. The fourth-order valence-corrected chi connectivity index (χ4v) is 2.71. The van der Waals surface area contributed by atoms with Gasteiger partial charge in [-0.2, -0.15) is 0 Å². The Morgan fingerprint density at radius 3 is 2.42 bits per heavy atom. The quantitative estimate of drug-likeness (QED) is 0.603. The fourth-order valence-electron chi connectivity index (χ4n) is 1.96. The normalized spacial score (nSPS) is 12.4. The van der Waals surface area contributed by atoms with Gasteiger partial charge in [-0.3, -0.25) is 0 Å². The predicted molar refractivity (Wildman–Crippen MR) is 82.7 cm³/mol. The summed E-state index contributed by atoms with van der Waals surface area (Å²) in [7, 11) is 0. The van der Waals surface area contributed by atoms with Crippen LogP contribution in [0.25, 0.3) is 0 Å². The van der Waals surface area contributed by atoms with Crippen LogP contribution in [0.3, 0.4) is 0 Å². The minimum Gasteiger partial charge on any atom is -0.207 e. The third-order valence-electron chi connectivity index (χ3n) is 3.00. The molecule has 0 heterocycles. The highest BCUT2D eigenvalue weighted by molar-refractivity contribution is 9.10. The Morgan fingerprint density at radius 2 is 1.79 bits per heavy atom. The van der Waals surface area contributed by atoms with Gasteiger partial charge in [0, 0.05) is 21.3 Å². The van der Waals surface area contributed by atoms with Gasteiger partial charge in [-0.25, -0.2) is 4.39 Å². The van der Waals surface area contributed by atoms with Crippen molar-refractivity contribution in [3.05, 3.63) is 68.9 Å². The van der Waals surface area contributed by atoms with Crippen molar-refractivity contribution in [2.45, 2.75) is 12.3 Å². The van der Waals surface area contributed by atoms with Gasteiger partial charge in [0.25, 0.3) is 0 Å². The zero-order chi connectivity index (χ0) is 13.8. The van der Waals surface area contributed by atoms with E-state index in [1.165, 1.54) is 12.1 Å². The third-order valence-corrected chi connectivity index (χ3v) is 4.27. The van der Waals surface area contributed by atoms with Crippen LogP contribution in [0.4, 0.5) is 4.39 Å². The summed E-state index contributed by atoms with van der Waals surface area (Å²) < 4.78 is 14.3. The SMILES string of the molecule is Fc1ccc(Cl)c(CC(CCl)c2ccc(Br)cc2)c1. The van der Waals surface area contributed by atoms with Crippen LogP contribution in [0.2, 0.25) is 5.02 Å². The van der Waals surface area contributed by atoms with E-state index >= 15 is 0 Å². The molecule has 0 aliphatic carbocycles. The molecule has 0 fully saturated rings. The molecule has 19 heavy (non-hydrogen) atoms. The molecule has 4 heteroatoms. The molecular weight excluding hydrogens is 350 g/mol. The van der Waals surface area contributed by atoms with Crippen LogP contribution in [0.15, 0.2) is 46.9 Å². The second kappa shape index (κ2) is 6.74. The van der Waals surface area contributed by atoms with E-state index in [0.717, 1.165) is 15.6 Å². The van der Waals surface area contributed by atoms with Crippen molar-refractivity contribution in [3.63, 3.8) is 0 Å². The van der Waals surface area contributed by atoms with Crippen molar-refractivity contribution in [1.29, 1.82) is 0 Å². The van der Waals surface area contributed by atoms with Gasteiger partial charge in [0.05, 0.1) is 0 Å². The van der Waals surface area contributed by atoms with Crippen LogP contribution in [0.5, 0.6) is 0 Å². The average Bonchev–Trinajstić information content (AvgIpc) is 2.41. The molecule has 0 N–H and O–H groups in total. The summed E-state index contributed by atoms with van der Waals surface area (Å²) in [6.07, 6.45) is 0.627. The van der Waals surface area contributed by atoms with Crippen LogP contribution >= 0.6 is 39.1 Å². The van der Waals surface area contributed by atoms with Crippen molar-refractivity contribution in [2.24, 2.45) is 0 Å². The van der Waals surface area contributed by atoms with E-state index in [-0.39, 0.29) is 11.7 Å². The fraction of sp³-hybridized carbons (Fsp3) is 0.200. The predicted octanol–water partition coefficient (Wildman–Crippen LogP) is 5.81. The monoisotopic (exact) mass is 360 g/mol. The maximum absolute atomic E-state index is 13.3. The van der Waals surface area contributed by atoms with Crippen molar-refractivity contribution < 1.29 is 4.39 Å². The zero-order valence-electron chi connectivity index (χ0n) is 10.0.